The molecule has 1 fully saturated rings. The summed E-state index contributed by atoms with van der Waals surface area (Å²) in [6, 6.07) is 21.3. The van der Waals surface area contributed by atoms with E-state index >= 15 is 0 Å². The lowest BCUT2D eigenvalue weighted by Gasteiger charge is -2.20. The molecule has 0 aromatic heterocycles. The molecular formula is C27H23N3O4. The summed E-state index contributed by atoms with van der Waals surface area (Å²) in [5.74, 6) is -1.13. The molecule has 3 aromatic rings. The van der Waals surface area contributed by atoms with Crippen LogP contribution in [0.5, 0.6) is 0 Å². The van der Waals surface area contributed by atoms with Crippen LogP contribution < -0.4 is 10.2 Å². The van der Waals surface area contributed by atoms with E-state index < -0.39 is 11.8 Å². The van der Waals surface area contributed by atoms with E-state index in [0.717, 1.165) is 12.0 Å². The summed E-state index contributed by atoms with van der Waals surface area (Å²) in [4.78, 5) is 53.9. The van der Waals surface area contributed by atoms with Gasteiger partial charge in [-0.2, -0.15) is 0 Å². The van der Waals surface area contributed by atoms with Gasteiger partial charge in [0.15, 0.2) is 0 Å². The van der Waals surface area contributed by atoms with Crippen molar-refractivity contribution < 1.29 is 19.2 Å². The molecule has 1 N–H and O–H groups in total. The second kappa shape index (κ2) is 8.94. The van der Waals surface area contributed by atoms with Crippen LogP contribution in [0.3, 0.4) is 0 Å². The highest BCUT2D eigenvalue weighted by atomic mass is 16.2. The zero-order valence-corrected chi connectivity index (χ0v) is 18.5. The highest BCUT2D eigenvalue weighted by Crippen LogP contribution is 2.30. The summed E-state index contributed by atoms with van der Waals surface area (Å²) >= 11 is 0. The Balaban J connectivity index is 1.34. The fourth-order valence-corrected chi connectivity index (χ4v) is 4.43. The van der Waals surface area contributed by atoms with Gasteiger partial charge in [0, 0.05) is 25.1 Å². The highest BCUT2D eigenvalue weighted by Gasteiger charge is 2.35. The molecule has 0 spiro atoms. The number of amides is 4. The van der Waals surface area contributed by atoms with Gasteiger partial charge in [0.25, 0.3) is 17.7 Å². The van der Waals surface area contributed by atoms with Crippen molar-refractivity contribution in [2.24, 2.45) is 0 Å². The Morgan fingerprint density at radius 3 is 2.35 bits per heavy atom. The Morgan fingerprint density at radius 1 is 0.853 bits per heavy atom. The Labute approximate surface area is 197 Å². The van der Waals surface area contributed by atoms with Gasteiger partial charge in [0.05, 0.1) is 22.5 Å². The van der Waals surface area contributed by atoms with E-state index in [4.69, 9.17) is 0 Å². The lowest BCUT2D eigenvalue weighted by Crippen LogP contribution is -2.31. The van der Waals surface area contributed by atoms with E-state index in [1.54, 1.807) is 29.2 Å². The van der Waals surface area contributed by atoms with Gasteiger partial charge in [-0.25, -0.2) is 0 Å². The van der Waals surface area contributed by atoms with Crippen molar-refractivity contribution in [1.29, 1.82) is 0 Å². The van der Waals surface area contributed by atoms with Crippen molar-refractivity contribution in [1.82, 2.24) is 4.90 Å². The van der Waals surface area contributed by atoms with Crippen LogP contribution in [0.15, 0.2) is 72.8 Å². The van der Waals surface area contributed by atoms with E-state index in [2.05, 4.69) is 5.32 Å². The predicted octanol–water partition coefficient (Wildman–Crippen LogP) is 3.90. The molecule has 5 rings (SSSR count). The molecule has 7 heteroatoms. The summed E-state index contributed by atoms with van der Waals surface area (Å²) in [5.41, 5.74) is 3.01. The third-order valence-electron chi connectivity index (χ3n) is 6.22. The molecule has 0 bridgehead atoms. The van der Waals surface area contributed by atoms with E-state index in [9.17, 15) is 19.2 Å². The summed E-state index contributed by atoms with van der Waals surface area (Å²) in [7, 11) is 0. The maximum absolute atomic E-state index is 13.0. The number of imide groups is 1. The zero-order valence-electron chi connectivity index (χ0n) is 18.5. The van der Waals surface area contributed by atoms with Crippen LogP contribution in [-0.4, -0.2) is 41.6 Å². The SMILES string of the molecule is O=C(Nc1ccccc1N1CCCC1=O)c1ccc2c(c1)C(=O)N(CCc1ccccc1)C2=O. The van der Waals surface area contributed by atoms with Crippen LogP contribution in [0.25, 0.3) is 0 Å². The van der Waals surface area contributed by atoms with Crippen molar-refractivity contribution in [3.05, 3.63) is 95.1 Å². The first-order valence-electron chi connectivity index (χ1n) is 11.3. The molecule has 0 aliphatic carbocycles. The van der Waals surface area contributed by atoms with E-state index in [1.165, 1.54) is 17.0 Å². The average Bonchev–Trinajstić information content (AvgIpc) is 3.39. The lowest BCUT2D eigenvalue weighted by molar-refractivity contribution is -0.117. The standard InChI is InChI=1S/C27H23N3O4/c31-24-11-6-15-29(24)23-10-5-4-9-22(23)28-25(32)19-12-13-20-21(17-19)27(34)30(26(20)33)16-14-18-7-2-1-3-8-18/h1-5,7-10,12-13,17H,6,11,14-16H2,(H,28,32). The van der Waals surface area contributed by atoms with Gasteiger partial charge in [0.2, 0.25) is 5.91 Å². The summed E-state index contributed by atoms with van der Waals surface area (Å²) in [6.07, 6.45) is 1.83. The fraction of sp³-hybridized carbons (Fsp3) is 0.185. The van der Waals surface area contributed by atoms with Gasteiger partial charge in [0.1, 0.15) is 0 Å². The molecule has 170 valence electrons. The Bertz CT molecular complexity index is 1300. The average molecular weight is 453 g/mol. The molecule has 2 aliphatic heterocycles. The molecule has 0 unspecified atom stereocenters. The first-order valence-corrected chi connectivity index (χ1v) is 11.3. The zero-order chi connectivity index (χ0) is 23.7. The number of carbonyl (C=O) groups excluding carboxylic acids is 4. The van der Waals surface area contributed by atoms with Crippen molar-refractivity contribution in [2.75, 3.05) is 23.3 Å². The second-order valence-corrected chi connectivity index (χ2v) is 8.38. The van der Waals surface area contributed by atoms with Crippen molar-refractivity contribution in [2.45, 2.75) is 19.3 Å². The molecule has 3 aromatic carbocycles. The maximum atomic E-state index is 13.0. The molecule has 34 heavy (non-hydrogen) atoms. The first-order chi connectivity index (χ1) is 16.5. The topological polar surface area (TPSA) is 86.8 Å². The van der Waals surface area contributed by atoms with Gasteiger partial charge in [-0.1, -0.05) is 42.5 Å². The maximum Gasteiger partial charge on any atom is 0.261 e. The number of rotatable bonds is 6. The molecule has 4 amide bonds. The van der Waals surface area contributed by atoms with Crippen molar-refractivity contribution in [3.63, 3.8) is 0 Å². The minimum Gasteiger partial charge on any atom is -0.320 e. The smallest absolute Gasteiger partial charge is 0.261 e. The van der Waals surface area contributed by atoms with E-state index in [-0.39, 0.29) is 29.5 Å². The third-order valence-corrected chi connectivity index (χ3v) is 6.22. The summed E-state index contributed by atoms with van der Waals surface area (Å²) in [5, 5.41) is 2.86. The predicted molar refractivity (Wildman–Crippen MR) is 128 cm³/mol. The number of hydrogen-bond donors (Lipinski definition) is 1. The quantitative estimate of drug-likeness (QED) is 0.574. The normalized spacial score (nSPS) is 15.1. The molecular weight excluding hydrogens is 430 g/mol. The van der Waals surface area contributed by atoms with Crippen molar-refractivity contribution in [3.8, 4) is 0 Å². The minimum atomic E-state index is -0.412. The van der Waals surface area contributed by atoms with Gasteiger partial charge in [-0.15, -0.1) is 0 Å². The lowest BCUT2D eigenvalue weighted by atomic mass is 10.1. The Hall–Kier alpha value is -4.26. The van der Waals surface area contributed by atoms with Gasteiger partial charge in [-0.05, 0) is 48.7 Å². The molecule has 2 aliphatic rings. The van der Waals surface area contributed by atoms with Gasteiger partial charge < -0.3 is 10.2 Å². The summed E-state index contributed by atoms with van der Waals surface area (Å²) in [6.45, 7) is 0.884. The summed E-state index contributed by atoms with van der Waals surface area (Å²) < 4.78 is 0. The molecule has 0 saturated carbocycles. The number of hydrogen-bond acceptors (Lipinski definition) is 4. The number of para-hydroxylation sites is 2. The van der Waals surface area contributed by atoms with Crippen LogP contribution >= 0.6 is 0 Å². The van der Waals surface area contributed by atoms with Crippen LogP contribution in [0.1, 0.15) is 49.5 Å². The minimum absolute atomic E-state index is 0.0268. The van der Waals surface area contributed by atoms with Gasteiger partial charge >= 0.3 is 0 Å². The van der Waals surface area contributed by atoms with E-state index in [1.807, 2.05) is 36.4 Å². The molecule has 2 heterocycles. The number of benzene rings is 3. The fourth-order valence-electron chi connectivity index (χ4n) is 4.43. The third kappa shape index (κ3) is 3.96. The largest absolute Gasteiger partial charge is 0.320 e. The molecule has 1 saturated heterocycles. The number of anilines is 2. The first kappa shape index (κ1) is 21.6. The van der Waals surface area contributed by atoms with E-state index in [0.29, 0.717) is 36.3 Å². The van der Waals surface area contributed by atoms with Crippen LogP contribution in [-0.2, 0) is 11.2 Å². The Morgan fingerprint density at radius 2 is 1.59 bits per heavy atom. The number of carbonyl (C=O) groups is 4. The van der Waals surface area contributed by atoms with Crippen molar-refractivity contribution >= 4 is 35.0 Å². The van der Waals surface area contributed by atoms with Gasteiger partial charge in [-0.3, -0.25) is 24.1 Å². The number of fused-ring (bicyclic) bond motifs is 1. The number of nitrogens with zero attached hydrogens (tertiary/aromatic N) is 2. The second-order valence-electron chi connectivity index (χ2n) is 8.38. The molecule has 0 radical (unpaired) electrons. The molecule has 0 atom stereocenters. The number of nitrogens with one attached hydrogen (secondary N) is 1. The van der Waals surface area contributed by atoms with Crippen LogP contribution in [0.4, 0.5) is 11.4 Å². The highest BCUT2D eigenvalue weighted by molar-refractivity contribution is 6.22. The monoisotopic (exact) mass is 453 g/mol. The molecule has 7 nitrogen and oxygen atoms in total. The Kier molecular flexibility index (Phi) is 5.67. The van der Waals surface area contributed by atoms with Crippen LogP contribution in [0, 0.1) is 0 Å². The van der Waals surface area contributed by atoms with Crippen LogP contribution in [0.2, 0.25) is 0 Å².